The highest BCUT2D eigenvalue weighted by Crippen LogP contribution is 2.24. The van der Waals surface area contributed by atoms with Gasteiger partial charge in [0.2, 0.25) is 0 Å². The van der Waals surface area contributed by atoms with Crippen molar-refractivity contribution in [2.45, 2.75) is 12.8 Å². The summed E-state index contributed by atoms with van der Waals surface area (Å²) in [7, 11) is 0. The summed E-state index contributed by atoms with van der Waals surface area (Å²) in [6.07, 6.45) is 1.05. The predicted octanol–water partition coefficient (Wildman–Crippen LogP) is 5.32. The predicted molar refractivity (Wildman–Crippen MR) is 200 cm³/mol. The van der Waals surface area contributed by atoms with Crippen LogP contribution in [0, 0.1) is 0 Å². The molecule has 0 saturated carbocycles. The fourth-order valence-electron chi connectivity index (χ4n) is 5.95. The van der Waals surface area contributed by atoms with Crippen LogP contribution in [0.25, 0.3) is 0 Å². The average Bonchev–Trinajstić information content (AvgIpc) is 3.61. The monoisotopic (exact) mass is 752 g/mol. The number of amides is 4. The Balaban J connectivity index is 0.708. The molecule has 13 nitrogen and oxygen atoms in total. The smallest absolute Gasteiger partial charge is 0.261 e. The third-order valence-corrected chi connectivity index (χ3v) is 8.73. The quantitative estimate of drug-likeness (QED) is 0.0679. The van der Waals surface area contributed by atoms with Gasteiger partial charge >= 0.3 is 0 Å². The molecule has 4 aromatic carbocycles. The van der Waals surface area contributed by atoms with Crippen molar-refractivity contribution in [2.75, 3.05) is 79.2 Å². The molecule has 4 amide bonds. The van der Waals surface area contributed by atoms with Gasteiger partial charge in [0.25, 0.3) is 23.6 Å². The van der Waals surface area contributed by atoms with Crippen molar-refractivity contribution in [3.05, 3.63) is 119 Å². The molecule has 0 saturated heterocycles. The first-order chi connectivity index (χ1) is 27.0. The van der Waals surface area contributed by atoms with Gasteiger partial charge in [-0.1, -0.05) is 24.3 Å². The first kappa shape index (κ1) is 38.9. The average molecular weight is 753 g/mol. The molecule has 2 heterocycles. The maximum atomic E-state index is 12.5. The van der Waals surface area contributed by atoms with Gasteiger partial charge in [0.05, 0.1) is 75.1 Å². The molecule has 2 aliphatic heterocycles. The van der Waals surface area contributed by atoms with Crippen molar-refractivity contribution in [1.29, 1.82) is 0 Å². The third-order valence-electron chi connectivity index (χ3n) is 8.73. The van der Waals surface area contributed by atoms with Crippen molar-refractivity contribution < 1.29 is 52.3 Å². The van der Waals surface area contributed by atoms with Gasteiger partial charge in [0, 0.05) is 13.1 Å². The molecule has 2 aliphatic rings. The van der Waals surface area contributed by atoms with Crippen LogP contribution in [0.5, 0.6) is 23.0 Å². The number of hydrogen-bond donors (Lipinski definition) is 0. The number of benzene rings is 4. The highest BCUT2D eigenvalue weighted by molar-refractivity contribution is 6.22. The van der Waals surface area contributed by atoms with Gasteiger partial charge in [0.15, 0.2) is 0 Å². The van der Waals surface area contributed by atoms with E-state index in [9.17, 15) is 19.2 Å². The van der Waals surface area contributed by atoms with Gasteiger partial charge in [-0.25, -0.2) is 0 Å². The van der Waals surface area contributed by atoms with Crippen LogP contribution < -0.4 is 18.9 Å². The number of fused-ring (bicyclic) bond motifs is 2. The first-order valence-electron chi connectivity index (χ1n) is 18.3. The second kappa shape index (κ2) is 20.1. The second-order valence-corrected chi connectivity index (χ2v) is 12.5. The van der Waals surface area contributed by atoms with Crippen molar-refractivity contribution in [1.82, 2.24) is 9.80 Å². The van der Waals surface area contributed by atoms with Crippen LogP contribution in [-0.2, 0) is 14.2 Å². The number of carbonyl (C=O) groups is 4. The standard InChI is InChI=1S/C42H44N2O11/c45-39-35-7-1-2-8-36(35)40(46)43(39)19-5-21-52-31-11-15-33(16-12-31)54-29-27-50-25-23-49-24-26-51-28-30-55-34-17-13-32(14-18-34)53-22-6-20-44-41(47)37-9-3-4-10-38(37)42(44)48/h1-4,7-18H,5-6,19-30H2. The molecule has 0 unspecified atom stereocenters. The lowest BCUT2D eigenvalue weighted by atomic mass is 10.1. The molecule has 13 heteroatoms. The van der Waals surface area contributed by atoms with Gasteiger partial charge < -0.3 is 33.2 Å². The molecule has 0 radical (unpaired) electrons. The van der Waals surface area contributed by atoms with Crippen molar-refractivity contribution >= 4 is 23.6 Å². The molecule has 0 aromatic heterocycles. The van der Waals surface area contributed by atoms with E-state index in [1.54, 1.807) is 48.5 Å². The van der Waals surface area contributed by atoms with Crippen LogP contribution in [0.1, 0.15) is 54.3 Å². The van der Waals surface area contributed by atoms with Crippen molar-refractivity contribution in [3.63, 3.8) is 0 Å². The summed E-state index contributed by atoms with van der Waals surface area (Å²) in [4.78, 5) is 52.4. The maximum absolute atomic E-state index is 12.5. The number of rotatable bonds is 24. The fourth-order valence-corrected chi connectivity index (χ4v) is 5.95. The summed E-state index contributed by atoms with van der Waals surface area (Å²) in [5.41, 5.74) is 1.81. The Bertz CT molecular complexity index is 1690. The number of nitrogens with zero attached hydrogens (tertiary/aromatic N) is 2. The molecule has 4 aromatic rings. The Morgan fingerprint density at radius 2 is 0.582 bits per heavy atom. The zero-order chi connectivity index (χ0) is 38.2. The molecule has 0 bridgehead atoms. The number of ether oxygens (including phenoxy) is 7. The van der Waals surface area contributed by atoms with Crippen LogP contribution in [0.2, 0.25) is 0 Å². The van der Waals surface area contributed by atoms with E-state index >= 15 is 0 Å². The van der Waals surface area contributed by atoms with Crippen LogP contribution in [-0.4, -0.2) is 113 Å². The van der Waals surface area contributed by atoms with Crippen LogP contribution >= 0.6 is 0 Å². The topological polar surface area (TPSA) is 139 Å². The Morgan fingerprint density at radius 3 is 0.873 bits per heavy atom. The second-order valence-electron chi connectivity index (χ2n) is 12.5. The summed E-state index contributed by atoms with van der Waals surface area (Å²) < 4.78 is 39.7. The van der Waals surface area contributed by atoms with E-state index in [0.717, 1.165) is 0 Å². The zero-order valence-corrected chi connectivity index (χ0v) is 30.5. The molecule has 0 fully saturated rings. The SMILES string of the molecule is O=C1c2ccccc2C(=O)N1CCCOc1ccc(OCCOCCOCCOCCOc2ccc(OCCCN3C(=O)c4ccccc4C3=O)cc2)cc1. The minimum Gasteiger partial charge on any atom is -0.494 e. The number of imide groups is 2. The van der Waals surface area contributed by atoms with E-state index in [0.29, 0.717) is 137 Å². The zero-order valence-electron chi connectivity index (χ0n) is 30.5. The van der Waals surface area contributed by atoms with Crippen molar-refractivity contribution in [3.8, 4) is 23.0 Å². The molecule has 55 heavy (non-hydrogen) atoms. The Morgan fingerprint density at radius 1 is 0.327 bits per heavy atom. The van der Waals surface area contributed by atoms with Gasteiger partial charge in [-0.2, -0.15) is 0 Å². The van der Waals surface area contributed by atoms with Gasteiger partial charge in [-0.3, -0.25) is 29.0 Å². The minimum absolute atomic E-state index is 0.257. The molecular formula is C42H44N2O11. The highest BCUT2D eigenvalue weighted by atomic mass is 16.6. The van der Waals surface area contributed by atoms with E-state index in [1.165, 1.54) is 9.80 Å². The number of carbonyl (C=O) groups excluding carboxylic acids is 4. The summed E-state index contributed by atoms with van der Waals surface area (Å²) >= 11 is 0. The van der Waals surface area contributed by atoms with E-state index in [-0.39, 0.29) is 23.6 Å². The van der Waals surface area contributed by atoms with Gasteiger partial charge in [-0.05, 0) is 85.6 Å². The Kier molecular flexibility index (Phi) is 14.2. The maximum Gasteiger partial charge on any atom is 0.261 e. The minimum atomic E-state index is -0.257. The van der Waals surface area contributed by atoms with E-state index < -0.39 is 0 Å². The van der Waals surface area contributed by atoms with Crippen LogP contribution in [0.15, 0.2) is 97.1 Å². The molecular weight excluding hydrogens is 708 g/mol. The molecule has 0 spiro atoms. The fraction of sp³-hybridized carbons (Fsp3) is 0.333. The first-order valence-corrected chi connectivity index (χ1v) is 18.3. The van der Waals surface area contributed by atoms with Crippen molar-refractivity contribution in [2.24, 2.45) is 0 Å². The molecule has 0 aliphatic carbocycles. The number of hydrogen-bond acceptors (Lipinski definition) is 11. The molecule has 0 atom stereocenters. The lowest BCUT2D eigenvalue weighted by Gasteiger charge is -2.14. The summed E-state index contributed by atoms with van der Waals surface area (Å²) in [6, 6.07) is 28.2. The molecule has 0 N–H and O–H groups in total. The van der Waals surface area contributed by atoms with Gasteiger partial charge in [-0.15, -0.1) is 0 Å². The molecule has 288 valence electrons. The van der Waals surface area contributed by atoms with E-state index in [1.807, 2.05) is 48.5 Å². The highest BCUT2D eigenvalue weighted by Gasteiger charge is 2.35. The van der Waals surface area contributed by atoms with E-state index in [4.69, 9.17) is 33.2 Å². The normalized spacial score (nSPS) is 13.3. The summed E-state index contributed by atoms with van der Waals surface area (Å²) in [6.45, 7) is 4.70. The Labute approximate surface area is 319 Å². The third kappa shape index (κ3) is 10.7. The van der Waals surface area contributed by atoms with Crippen LogP contribution in [0.3, 0.4) is 0 Å². The summed E-state index contributed by atoms with van der Waals surface area (Å²) in [5, 5.41) is 0. The lowest BCUT2D eigenvalue weighted by molar-refractivity contribution is 0.00498. The Hall–Kier alpha value is -5.76. The van der Waals surface area contributed by atoms with E-state index in [2.05, 4.69) is 0 Å². The molecule has 6 rings (SSSR count). The summed E-state index contributed by atoms with van der Waals surface area (Å²) in [5.74, 6) is 1.70. The largest absolute Gasteiger partial charge is 0.494 e. The van der Waals surface area contributed by atoms with Crippen LogP contribution in [0.4, 0.5) is 0 Å². The lowest BCUT2D eigenvalue weighted by Crippen LogP contribution is -2.31. The van der Waals surface area contributed by atoms with Gasteiger partial charge in [0.1, 0.15) is 36.2 Å².